The van der Waals surface area contributed by atoms with Crippen LogP contribution in [0.1, 0.15) is 36.1 Å². The summed E-state index contributed by atoms with van der Waals surface area (Å²) < 4.78 is 5.42. The molecular formula is C22H25N5O. The van der Waals surface area contributed by atoms with Crippen molar-refractivity contribution in [1.82, 2.24) is 19.9 Å². The summed E-state index contributed by atoms with van der Waals surface area (Å²) >= 11 is 0. The molecule has 0 aliphatic carbocycles. The standard InChI is InChI=1S/C22H25N5O/c1-2-9-27(10-3-1)21-7-6-17(13-23-21)15-26-11-8-19-18(16-26)14-24-22(25-19)20-5-4-12-28-20/h4-7,12-14H,1-3,8-11,15-16H2. The highest BCUT2D eigenvalue weighted by Crippen LogP contribution is 2.23. The Morgan fingerprint density at radius 1 is 0.964 bits per heavy atom. The van der Waals surface area contributed by atoms with Crippen LogP contribution in [0.2, 0.25) is 0 Å². The van der Waals surface area contributed by atoms with Gasteiger partial charge in [-0.1, -0.05) is 6.07 Å². The number of rotatable bonds is 4. The van der Waals surface area contributed by atoms with Crippen molar-refractivity contribution in [2.24, 2.45) is 0 Å². The third kappa shape index (κ3) is 3.64. The van der Waals surface area contributed by atoms with E-state index in [9.17, 15) is 0 Å². The van der Waals surface area contributed by atoms with Crippen LogP contribution in [0, 0.1) is 0 Å². The van der Waals surface area contributed by atoms with E-state index < -0.39 is 0 Å². The molecule has 1 fully saturated rings. The minimum Gasteiger partial charge on any atom is -0.461 e. The topological polar surface area (TPSA) is 58.3 Å². The summed E-state index contributed by atoms with van der Waals surface area (Å²) in [7, 11) is 0. The van der Waals surface area contributed by atoms with Gasteiger partial charge in [0.1, 0.15) is 5.82 Å². The number of furan rings is 1. The van der Waals surface area contributed by atoms with E-state index in [2.05, 4.69) is 26.9 Å². The summed E-state index contributed by atoms with van der Waals surface area (Å²) in [5.74, 6) is 2.52. The van der Waals surface area contributed by atoms with Gasteiger partial charge in [0.2, 0.25) is 0 Å². The van der Waals surface area contributed by atoms with E-state index in [0.29, 0.717) is 5.82 Å². The Bertz CT molecular complexity index is 917. The smallest absolute Gasteiger partial charge is 0.195 e. The molecule has 0 saturated carbocycles. The first kappa shape index (κ1) is 17.4. The fourth-order valence-corrected chi connectivity index (χ4v) is 4.11. The Hall–Kier alpha value is -2.73. The molecule has 3 aromatic heterocycles. The van der Waals surface area contributed by atoms with Crippen LogP contribution >= 0.6 is 0 Å². The molecule has 6 heteroatoms. The average molecular weight is 375 g/mol. The Balaban J connectivity index is 1.24. The van der Waals surface area contributed by atoms with E-state index in [-0.39, 0.29) is 0 Å². The second kappa shape index (κ2) is 7.72. The Morgan fingerprint density at radius 3 is 2.68 bits per heavy atom. The number of anilines is 1. The summed E-state index contributed by atoms with van der Waals surface area (Å²) in [5.41, 5.74) is 3.60. The van der Waals surface area contributed by atoms with Gasteiger partial charge >= 0.3 is 0 Å². The van der Waals surface area contributed by atoms with E-state index in [4.69, 9.17) is 14.4 Å². The largest absolute Gasteiger partial charge is 0.461 e. The van der Waals surface area contributed by atoms with Crippen LogP contribution in [0.25, 0.3) is 11.6 Å². The van der Waals surface area contributed by atoms with Crippen molar-refractivity contribution in [2.75, 3.05) is 24.5 Å². The Kier molecular flexibility index (Phi) is 4.79. The molecule has 0 spiro atoms. The van der Waals surface area contributed by atoms with E-state index in [1.165, 1.54) is 30.4 Å². The lowest BCUT2D eigenvalue weighted by Crippen LogP contribution is -2.31. The molecule has 5 rings (SSSR count). The van der Waals surface area contributed by atoms with Crippen LogP contribution in [0.15, 0.2) is 47.3 Å². The second-order valence-corrected chi connectivity index (χ2v) is 7.68. The van der Waals surface area contributed by atoms with Gasteiger partial charge in [-0.05, 0) is 43.0 Å². The van der Waals surface area contributed by atoms with Gasteiger partial charge in [0.05, 0.1) is 12.0 Å². The highest BCUT2D eigenvalue weighted by atomic mass is 16.3. The molecule has 0 amide bonds. The molecule has 28 heavy (non-hydrogen) atoms. The van der Waals surface area contributed by atoms with Crippen LogP contribution in [-0.4, -0.2) is 39.5 Å². The molecule has 2 aliphatic heterocycles. The first-order valence-corrected chi connectivity index (χ1v) is 10.2. The molecule has 5 heterocycles. The number of piperidine rings is 1. The lowest BCUT2D eigenvalue weighted by molar-refractivity contribution is 0.242. The molecule has 0 aromatic carbocycles. The molecule has 0 atom stereocenters. The van der Waals surface area contributed by atoms with Crippen molar-refractivity contribution in [3.63, 3.8) is 0 Å². The summed E-state index contributed by atoms with van der Waals surface area (Å²) in [5, 5.41) is 0. The second-order valence-electron chi connectivity index (χ2n) is 7.68. The van der Waals surface area contributed by atoms with Crippen LogP contribution in [0.3, 0.4) is 0 Å². The van der Waals surface area contributed by atoms with Crippen molar-refractivity contribution in [2.45, 2.75) is 38.8 Å². The van der Waals surface area contributed by atoms with Crippen LogP contribution in [0.4, 0.5) is 5.82 Å². The van der Waals surface area contributed by atoms with Crippen LogP contribution in [0.5, 0.6) is 0 Å². The number of fused-ring (bicyclic) bond motifs is 1. The maximum atomic E-state index is 5.42. The van der Waals surface area contributed by atoms with E-state index >= 15 is 0 Å². The Morgan fingerprint density at radius 2 is 1.89 bits per heavy atom. The average Bonchev–Trinajstić information content (AvgIpc) is 3.30. The molecule has 144 valence electrons. The highest BCUT2D eigenvalue weighted by molar-refractivity contribution is 5.47. The molecule has 0 radical (unpaired) electrons. The zero-order valence-corrected chi connectivity index (χ0v) is 16.0. The Labute approximate surface area is 165 Å². The lowest BCUT2D eigenvalue weighted by atomic mass is 10.1. The maximum Gasteiger partial charge on any atom is 0.195 e. The number of hydrogen-bond acceptors (Lipinski definition) is 6. The molecule has 3 aromatic rings. The van der Waals surface area contributed by atoms with E-state index in [0.717, 1.165) is 56.4 Å². The number of aromatic nitrogens is 3. The monoisotopic (exact) mass is 375 g/mol. The molecule has 6 nitrogen and oxygen atoms in total. The van der Waals surface area contributed by atoms with Crippen molar-refractivity contribution in [3.05, 3.63) is 59.7 Å². The third-order valence-corrected chi connectivity index (χ3v) is 5.65. The number of pyridine rings is 1. The maximum absolute atomic E-state index is 5.42. The molecule has 0 N–H and O–H groups in total. The van der Waals surface area contributed by atoms with Gasteiger partial charge in [0.15, 0.2) is 11.6 Å². The van der Waals surface area contributed by atoms with Crippen LogP contribution < -0.4 is 4.90 Å². The number of nitrogens with zero attached hydrogens (tertiary/aromatic N) is 5. The quantitative estimate of drug-likeness (QED) is 0.693. The molecule has 1 saturated heterocycles. The van der Waals surface area contributed by atoms with Crippen molar-refractivity contribution in [3.8, 4) is 11.6 Å². The van der Waals surface area contributed by atoms with Gasteiger partial charge in [0, 0.05) is 57.1 Å². The highest BCUT2D eigenvalue weighted by Gasteiger charge is 2.20. The zero-order valence-electron chi connectivity index (χ0n) is 16.0. The summed E-state index contributed by atoms with van der Waals surface area (Å²) in [6, 6.07) is 8.17. The SMILES string of the molecule is c1coc(-c2ncc3c(n2)CCN(Cc2ccc(N4CCCCC4)nc2)C3)c1. The fourth-order valence-electron chi connectivity index (χ4n) is 4.11. The summed E-state index contributed by atoms with van der Waals surface area (Å²) in [4.78, 5) is 18.8. The van der Waals surface area contributed by atoms with Gasteiger partial charge in [-0.2, -0.15) is 0 Å². The minimum atomic E-state index is 0.676. The summed E-state index contributed by atoms with van der Waals surface area (Å²) in [6.07, 6.45) is 10.5. The van der Waals surface area contributed by atoms with E-state index in [1.807, 2.05) is 24.5 Å². The third-order valence-electron chi connectivity index (χ3n) is 5.65. The molecule has 0 bridgehead atoms. The lowest BCUT2D eigenvalue weighted by Gasteiger charge is -2.29. The fraction of sp³-hybridized carbons (Fsp3) is 0.409. The van der Waals surface area contributed by atoms with Crippen molar-refractivity contribution in [1.29, 1.82) is 0 Å². The number of hydrogen-bond donors (Lipinski definition) is 0. The van der Waals surface area contributed by atoms with Gasteiger partial charge in [0.25, 0.3) is 0 Å². The zero-order chi connectivity index (χ0) is 18.8. The predicted octanol–water partition coefficient (Wildman–Crippen LogP) is 3.68. The van der Waals surface area contributed by atoms with Gasteiger partial charge < -0.3 is 9.32 Å². The molecular weight excluding hydrogens is 350 g/mol. The first-order chi connectivity index (χ1) is 13.8. The van der Waals surface area contributed by atoms with Gasteiger partial charge in [-0.15, -0.1) is 0 Å². The van der Waals surface area contributed by atoms with Gasteiger partial charge in [-0.25, -0.2) is 15.0 Å². The predicted molar refractivity (Wildman–Crippen MR) is 108 cm³/mol. The normalized spacial score (nSPS) is 17.5. The van der Waals surface area contributed by atoms with Gasteiger partial charge in [-0.3, -0.25) is 4.90 Å². The minimum absolute atomic E-state index is 0.676. The van der Waals surface area contributed by atoms with Crippen LogP contribution in [-0.2, 0) is 19.5 Å². The van der Waals surface area contributed by atoms with Crippen molar-refractivity contribution >= 4 is 5.82 Å². The van der Waals surface area contributed by atoms with Crippen molar-refractivity contribution < 1.29 is 4.42 Å². The van der Waals surface area contributed by atoms with E-state index in [1.54, 1.807) is 6.26 Å². The molecule has 0 unspecified atom stereocenters. The first-order valence-electron chi connectivity index (χ1n) is 10.2. The molecule has 2 aliphatic rings. The summed E-state index contributed by atoms with van der Waals surface area (Å²) in [6.45, 7) is 5.05.